The molecule has 0 bridgehead atoms. The van der Waals surface area contributed by atoms with Crippen LogP contribution in [0.3, 0.4) is 0 Å². The smallest absolute Gasteiger partial charge is 0.339 e. The van der Waals surface area contributed by atoms with Crippen LogP contribution in [-0.2, 0) is 0 Å². The Labute approximate surface area is 110 Å². The molecule has 0 aliphatic rings. The van der Waals surface area contributed by atoms with Gasteiger partial charge in [0.15, 0.2) is 0 Å². The number of benzene rings is 1. The molecule has 0 aliphatic heterocycles. The zero-order chi connectivity index (χ0) is 14.3. The Hall–Kier alpha value is -2.99. The van der Waals surface area contributed by atoms with Crippen LogP contribution in [0, 0.1) is 22.7 Å². The summed E-state index contributed by atoms with van der Waals surface area (Å²) in [5, 5.41) is 28.9. The molecule has 6 nitrogen and oxygen atoms in total. The van der Waals surface area contributed by atoms with Crippen LogP contribution in [0.25, 0.3) is 0 Å². The molecule has 1 rings (SSSR count). The molecule has 0 aromatic heterocycles. The largest absolute Gasteiger partial charge is 0.493 e. The number of rotatable bonds is 5. The van der Waals surface area contributed by atoms with Crippen molar-refractivity contribution in [2.75, 3.05) is 11.9 Å². The predicted molar refractivity (Wildman–Crippen MR) is 67.5 cm³/mol. The van der Waals surface area contributed by atoms with Crippen LogP contribution in [0.5, 0.6) is 5.75 Å². The molecule has 96 valence electrons. The molecule has 6 heteroatoms. The highest BCUT2D eigenvalue weighted by molar-refractivity contribution is 5.92. The second-order valence-electron chi connectivity index (χ2n) is 3.38. The van der Waals surface area contributed by atoms with Crippen molar-refractivity contribution in [1.29, 1.82) is 10.5 Å². The molecule has 1 aromatic rings. The number of ether oxygens (including phenoxy) is 1. The fourth-order valence-electron chi connectivity index (χ4n) is 1.31. The summed E-state index contributed by atoms with van der Waals surface area (Å²) in [4.78, 5) is 11.1. The van der Waals surface area contributed by atoms with Gasteiger partial charge in [-0.2, -0.15) is 10.5 Å². The first kappa shape index (κ1) is 14.1. The average molecular weight is 257 g/mol. The van der Waals surface area contributed by atoms with Crippen molar-refractivity contribution < 1.29 is 14.6 Å². The molecule has 2 N–H and O–H groups in total. The van der Waals surface area contributed by atoms with Gasteiger partial charge < -0.3 is 15.2 Å². The zero-order valence-corrected chi connectivity index (χ0v) is 10.2. The van der Waals surface area contributed by atoms with Gasteiger partial charge in [-0.1, -0.05) is 0 Å². The molecule has 1 aromatic carbocycles. The van der Waals surface area contributed by atoms with Crippen molar-refractivity contribution in [3.8, 4) is 17.9 Å². The number of nitriles is 2. The van der Waals surface area contributed by atoms with Crippen LogP contribution in [0.4, 0.5) is 5.69 Å². The highest BCUT2D eigenvalue weighted by atomic mass is 16.5. The summed E-state index contributed by atoms with van der Waals surface area (Å²) in [6.45, 7) is 2.12. The maximum Gasteiger partial charge on any atom is 0.339 e. The molecule has 0 aliphatic carbocycles. The molecule has 0 fully saturated rings. The van der Waals surface area contributed by atoms with Gasteiger partial charge in [0.2, 0.25) is 0 Å². The summed E-state index contributed by atoms with van der Waals surface area (Å²) in [5.41, 5.74) is 0.352. The molecule has 0 heterocycles. The van der Waals surface area contributed by atoms with Gasteiger partial charge in [0.1, 0.15) is 29.0 Å². The summed E-state index contributed by atoms with van der Waals surface area (Å²) >= 11 is 0. The minimum atomic E-state index is -1.11. The molecule has 0 spiro atoms. The van der Waals surface area contributed by atoms with E-state index in [0.29, 0.717) is 12.3 Å². The second-order valence-corrected chi connectivity index (χ2v) is 3.38. The molecule has 0 amide bonds. The summed E-state index contributed by atoms with van der Waals surface area (Å²) in [6, 6.07) is 7.86. The molecule has 0 atom stereocenters. The number of carbonyl (C=O) groups is 1. The van der Waals surface area contributed by atoms with E-state index < -0.39 is 5.97 Å². The van der Waals surface area contributed by atoms with Crippen LogP contribution < -0.4 is 10.1 Å². The molecular formula is C13H11N3O3. The van der Waals surface area contributed by atoms with E-state index in [2.05, 4.69) is 5.32 Å². The molecule has 0 unspecified atom stereocenters. The van der Waals surface area contributed by atoms with Crippen LogP contribution in [0.1, 0.15) is 17.3 Å². The Morgan fingerprint density at radius 3 is 2.68 bits per heavy atom. The van der Waals surface area contributed by atoms with Gasteiger partial charge in [-0.3, -0.25) is 0 Å². The highest BCUT2D eigenvalue weighted by Crippen LogP contribution is 2.23. The first-order valence-electron chi connectivity index (χ1n) is 5.39. The van der Waals surface area contributed by atoms with Gasteiger partial charge in [-0.25, -0.2) is 4.79 Å². The number of hydrogen-bond acceptors (Lipinski definition) is 5. The van der Waals surface area contributed by atoms with Gasteiger partial charge in [0.05, 0.1) is 6.61 Å². The number of allylic oxidation sites excluding steroid dienone is 1. The summed E-state index contributed by atoms with van der Waals surface area (Å²) in [6.07, 6.45) is 1.21. The van der Waals surface area contributed by atoms with Crippen molar-refractivity contribution in [1.82, 2.24) is 0 Å². The minimum Gasteiger partial charge on any atom is -0.493 e. The third-order valence-electron chi connectivity index (χ3n) is 2.13. The Balaban J connectivity index is 3.04. The van der Waals surface area contributed by atoms with Crippen molar-refractivity contribution in [3.63, 3.8) is 0 Å². The van der Waals surface area contributed by atoms with Crippen molar-refractivity contribution in [2.45, 2.75) is 6.92 Å². The number of carboxylic acids is 1. The Morgan fingerprint density at radius 1 is 1.47 bits per heavy atom. The lowest BCUT2D eigenvalue weighted by Gasteiger charge is -2.09. The first-order valence-corrected chi connectivity index (χ1v) is 5.39. The maximum absolute atomic E-state index is 11.1. The lowest BCUT2D eigenvalue weighted by Crippen LogP contribution is -2.03. The van der Waals surface area contributed by atoms with E-state index in [1.54, 1.807) is 25.1 Å². The third-order valence-corrected chi connectivity index (χ3v) is 2.13. The zero-order valence-electron chi connectivity index (χ0n) is 10.2. The maximum atomic E-state index is 11.1. The minimum absolute atomic E-state index is 0.00992. The number of aromatic carboxylic acids is 1. The molecular weight excluding hydrogens is 246 g/mol. The number of anilines is 1. The van der Waals surface area contributed by atoms with Crippen LogP contribution >= 0.6 is 0 Å². The molecule has 19 heavy (non-hydrogen) atoms. The fourth-order valence-corrected chi connectivity index (χ4v) is 1.31. The van der Waals surface area contributed by atoms with E-state index in [0.717, 1.165) is 0 Å². The van der Waals surface area contributed by atoms with Crippen molar-refractivity contribution in [3.05, 3.63) is 35.5 Å². The van der Waals surface area contributed by atoms with Crippen molar-refractivity contribution >= 4 is 11.7 Å². The van der Waals surface area contributed by atoms with E-state index >= 15 is 0 Å². The van der Waals surface area contributed by atoms with Crippen LogP contribution in [-0.4, -0.2) is 17.7 Å². The number of carboxylic acid groups (broad SMARTS) is 1. The molecule has 0 radical (unpaired) electrons. The number of hydrogen-bond donors (Lipinski definition) is 2. The topological polar surface area (TPSA) is 106 Å². The van der Waals surface area contributed by atoms with Crippen LogP contribution in [0.15, 0.2) is 30.0 Å². The monoisotopic (exact) mass is 257 g/mol. The average Bonchev–Trinajstić information content (AvgIpc) is 2.41. The van der Waals surface area contributed by atoms with E-state index in [1.165, 1.54) is 18.3 Å². The normalized spacial score (nSPS) is 8.79. The van der Waals surface area contributed by atoms with E-state index in [4.69, 9.17) is 20.4 Å². The fraction of sp³-hybridized carbons (Fsp3) is 0.154. The van der Waals surface area contributed by atoms with Gasteiger partial charge in [0, 0.05) is 11.9 Å². The molecule has 0 saturated heterocycles. The highest BCUT2D eigenvalue weighted by Gasteiger charge is 2.11. The third kappa shape index (κ3) is 3.76. The number of nitrogens with zero attached hydrogens (tertiary/aromatic N) is 2. The standard InChI is InChI=1S/C13H11N3O3/c1-2-19-12-4-3-10(5-11(12)13(17)18)16-8-9(6-14)7-15/h3-5,8,16H,2H2,1H3,(H,17,18). The van der Waals surface area contributed by atoms with Gasteiger partial charge in [-0.05, 0) is 25.1 Å². The Kier molecular flexibility index (Phi) is 4.94. The SMILES string of the molecule is CCOc1ccc(NC=C(C#N)C#N)cc1C(=O)O. The first-order chi connectivity index (χ1) is 9.12. The lowest BCUT2D eigenvalue weighted by atomic mass is 10.1. The Bertz CT molecular complexity index is 578. The summed E-state index contributed by atoms with van der Waals surface area (Å²) in [5.74, 6) is -0.845. The van der Waals surface area contributed by atoms with Gasteiger partial charge in [-0.15, -0.1) is 0 Å². The number of nitrogens with one attached hydrogen (secondary N) is 1. The second kappa shape index (κ2) is 6.67. The van der Waals surface area contributed by atoms with E-state index in [1.807, 2.05) is 0 Å². The van der Waals surface area contributed by atoms with Gasteiger partial charge >= 0.3 is 5.97 Å². The van der Waals surface area contributed by atoms with Crippen LogP contribution in [0.2, 0.25) is 0 Å². The quantitative estimate of drug-likeness (QED) is 0.782. The van der Waals surface area contributed by atoms with Crippen molar-refractivity contribution in [2.24, 2.45) is 0 Å². The summed E-state index contributed by atoms with van der Waals surface area (Å²) < 4.78 is 5.19. The van der Waals surface area contributed by atoms with E-state index in [9.17, 15) is 4.79 Å². The van der Waals surface area contributed by atoms with Gasteiger partial charge in [0.25, 0.3) is 0 Å². The lowest BCUT2D eigenvalue weighted by molar-refractivity contribution is 0.0692. The Morgan fingerprint density at radius 2 is 2.16 bits per heavy atom. The molecule has 0 saturated carbocycles. The summed E-state index contributed by atoms with van der Waals surface area (Å²) in [7, 11) is 0. The predicted octanol–water partition coefficient (Wildman–Crippen LogP) is 2.13. The van der Waals surface area contributed by atoms with E-state index in [-0.39, 0.29) is 16.9 Å².